The quantitative estimate of drug-likeness (QED) is 0.394. The van der Waals surface area contributed by atoms with Gasteiger partial charge in [0.1, 0.15) is 5.69 Å². The first kappa shape index (κ1) is 27.1. The summed E-state index contributed by atoms with van der Waals surface area (Å²) in [5.41, 5.74) is 0.932. The van der Waals surface area contributed by atoms with Crippen molar-refractivity contribution in [3.8, 4) is 0 Å². The number of nitrogens with zero attached hydrogens (tertiary/aromatic N) is 1. The molecule has 0 saturated carbocycles. The Kier molecular flexibility index (Phi) is 7.75. The normalized spacial score (nSPS) is 14.9. The van der Waals surface area contributed by atoms with Gasteiger partial charge in [0.05, 0.1) is 14.6 Å². The van der Waals surface area contributed by atoms with Crippen LogP contribution in [0.3, 0.4) is 0 Å². The molecule has 0 aliphatic carbocycles. The molecule has 1 unspecified atom stereocenters. The number of carbonyl (C=O) groups excluding carboxylic acids is 1. The standard InChI is InChI=1S/C24H41NO2P4/c1-14-27-19(26)15-16(21(2,3)4)29-30-25(15)31-18(23(8,9)10)17(22(5,6)7)28-20(31)24(11,12)13/h14H2,1-13H3. The van der Waals surface area contributed by atoms with Crippen molar-refractivity contribution in [2.75, 3.05) is 6.61 Å². The van der Waals surface area contributed by atoms with E-state index in [0.29, 0.717) is 6.61 Å². The third-order valence-electron chi connectivity index (χ3n) is 4.97. The van der Waals surface area contributed by atoms with Crippen molar-refractivity contribution in [2.24, 2.45) is 0 Å². The molecular weight excluding hydrogens is 458 g/mol. The van der Waals surface area contributed by atoms with Crippen LogP contribution < -0.4 is 0 Å². The van der Waals surface area contributed by atoms with E-state index in [9.17, 15) is 4.79 Å². The van der Waals surface area contributed by atoms with E-state index >= 15 is 0 Å². The highest BCUT2D eigenvalue weighted by atomic mass is 31.8. The van der Waals surface area contributed by atoms with Crippen LogP contribution in [0.25, 0.3) is 0 Å². The lowest BCUT2D eigenvalue weighted by Gasteiger charge is -2.29. The zero-order valence-electron chi connectivity index (χ0n) is 21.8. The Morgan fingerprint density at radius 1 is 0.839 bits per heavy atom. The lowest BCUT2D eigenvalue weighted by Crippen LogP contribution is -2.21. The smallest absolute Gasteiger partial charge is 0.356 e. The molecule has 1 atom stereocenters. The number of esters is 1. The van der Waals surface area contributed by atoms with Crippen LogP contribution in [0.15, 0.2) is 0 Å². The van der Waals surface area contributed by atoms with E-state index in [1.807, 2.05) is 6.92 Å². The number of ether oxygens (including phenoxy) is 1. The molecule has 0 radical (unpaired) electrons. The Balaban J connectivity index is 3.09. The van der Waals surface area contributed by atoms with Gasteiger partial charge in [-0.1, -0.05) is 91.3 Å². The van der Waals surface area contributed by atoms with E-state index < -0.39 is 7.68 Å². The van der Waals surface area contributed by atoms with E-state index in [4.69, 9.17) is 4.74 Å². The molecule has 31 heavy (non-hydrogen) atoms. The summed E-state index contributed by atoms with van der Waals surface area (Å²) in [7, 11) is 2.97. The molecule has 2 aromatic rings. The summed E-state index contributed by atoms with van der Waals surface area (Å²) in [6, 6.07) is 0. The van der Waals surface area contributed by atoms with Crippen molar-refractivity contribution < 1.29 is 9.53 Å². The molecule has 2 rings (SSSR count). The third-order valence-corrected chi connectivity index (χ3v) is 15.2. The summed E-state index contributed by atoms with van der Waals surface area (Å²) in [6.45, 7) is 30.0. The summed E-state index contributed by atoms with van der Waals surface area (Å²) in [6.07, 6.45) is 0. The van der Waals surface area contributed by atoms with Gasteiger partial charge in [0, 0.05) is 15.6 Å². The fourth-order valence-corrected chi connectivity index (χ4v) is 14.7. The van der Waals surface area contributed by atoms with Crippen molar-refractivity contribution in [3.63, 3.8) is 0 Å². The first-order valence-corrected chi connectivity index (χ1v) is 15.7. The fourth-order valence-electron chi connectivity index (χ4n) is 3.57. The van der Waals surface area contributed by atoms with Gasteiger partial charge in [0.2, 0.25) is 0 Å². The van der Waals surface area contributed by atoms with Gasteiger partial charge in [-0.3, -0.25) is 4.10 Å². The first-order valence-electron chi connectivity index (χ1n) is 11.1. The summed E-state index contributed by atoms with van der Waals surface area (Å²) >= 11 is 0. The maximum Gasteiger partial charge on any atom is 0.356 e. The van der Waals surface area contributed by atoms with Crippen LogP contribution >= 0.6 is 31.8 Å². The fraction of sp³-hybridized carbons (Fsp3) is 0.750. The monoisotopic (exact) mass is 499 g/mol. The predicted octanol–water partition coefficient (Wildman–Crippen LogP) is 9.89. The van der Waals surface area contributed by atoms with Crippen molar-refractivity contribution >= 4 is 37.7 Å². The number of aromatic nitrogens is 1. The summed E-state index contributed by atoms with van der Waals surface area (Å²) in [5.74, 6) is -0.158. The van der Waals surface area contributed by atoms with Crippen LogP contribution in [0.2, 0.25) is 0 Å². The van der Waals surface area contributed by atoms with Gasteiger partial charge in [-0.05, 0) is 49.4 Å². The van der Waals surface area contributed by atoms with Crippen LogP contribution in [0.1, 0.15) is 121 Å². The van der Waals surface area contributed by atoms with Gasteiger partial charge < -0.3 is 4.74 Å². The van der Waals surface area contributed by atoms with Gasteiger partial charge in [-0.15, -0.1) is 0 Å². The maximum absolute atomic E-state index is 13.3. The topological polar surface area (TPSA) is 31.2 Å². The Morgan fingerprint density at radius 2 is 1.35 bits per heavy atom. The van der Waals surface area contributed by atoms with Crippen LogP contribution in [-0.4, -0.2) is 16.7 Å². The van der Waals surface area contributed by atoms with Crippen molar-refractivity contribution in [1.29, 1.82) is 0 Å². The molecule has 0 spiro atoms. The lowest BCUT2D eigenvalue weighted by atomic mass is 9.86. The van der Waals surface area contributed by atoms with E-state index in [1.165, 1.54) is 34.7 Å². The first-order chi connectivity index (χ1) is 13.8. The van der Waals surface area contributed by atoms with Crippen LogP contribution in [-0.2, 0) is 26.4 Å². The lowest BCUT2D eigenvalue weighted by molar-refractivity contribution is 0.0517. The molecule has 7 heteroatoms. The van der Waals surface area contributed by atoms with Gasteiger partial charge >= 0.3 is 5.97 Å². The minimum atomic E-state index is -0.770. The number of rotatable bonds is 3. The second kappa shape index (κ2) is 8.88. The minimum absolute atomic E-state index is 0.0327. The Hall–Kier alpha value is -0.180. The molecule has 0 aliphatic heterocycles. The molecule has 3 nitrogen and oxygen atoms in total. The summed E-state index contributed by atoms with van der Waals surface area (Å²) in [5, 5.41) is 5.84. The van der Waals surface area contributed by atoms with Gasteiger partial charge in [-0.2, -0.15) is 0 Å². The second-order valence-corrected chi connectivity index (χ2v) is 18.4. The molecule has 0 N–H and O–H groups in total. The highest BCUT2D eigenvalue weighted by Crippen LogP contribution is 2.63. The van der Waals surface area contributed by atoms with Crippen molar-refractivity contribution in [1.82, 2.24) is 4.10 Å². The van der Waals surface area contributed by atoms with Gasteiger partial charge in [0.25, 0.3) is 0 Å². The average molecular weight is 499 g/mol. The molecule has 2 aromatic heterocycles. The average Bonchev–Trinajstić information content (AvgIpc) is 3.14. The Labute approximate surface area is 196 Å². The third kappa shape index (κ3) is 5.67. The molecule has 0 aliphatic rings. The zero-order chi connectivity index (χ0) is 24.2. The molecule has 0 aromatic carbocycles. The predicted molar refractivity (Wildman–Crippen MR) is 143 cm³/mol. The SMILES string of the molecule is CCOC(=O)c1c(C(C)(C)C)ppn1-p1c(C(C)(C)C)pc(C(C)(C)C)c1C(C)(C)C. The molecule has 0 fully saturated rings. The second-order valence-electron chi connectivity index (χ2n) is 12.3. The van der Waals surface area contributed by atoms with Crippen LogP contribution in [0.5, 0.6) is 0 Å². The molecule has 174 valence electrons. The van der Waals surface area contributed by atoms with E-state index in [-0.39, 0.29) is 27.6 Å². The highest BCUT2D eigenvalue weighted by Gasteiger charge is 2.38. The van der Waals surface area contributed by atoms with Gasteiger partial charge in [0.15, 0.2) is 0 Å². The minimum Gasteiger partial charge on any atom is -0.461 e. The Bertz CT molecular complexity index is 958. The van der Waals surface area contributed by atoms with Crippen molar-refractivity contribution in [3.05, 3.63) is 26.6 Å². The molecule has 0 bridgehead atoms. The van der Waals surface area contributed by atoms with Gasteiger partial charge in [-0.25, -0.2) is 4.79 Å². The molecule has 0 saturated heterocycles. The molecule has 0 amide bonds. The maximum atomic E-state index is 13.3. The van der Waals surface area contributed by atoms with E-state index in [2.05, 4.69) is 87.2 Å². The van der Waals surface area contributed by atoms with E-state index in [1.54, 1.807) is 10.3 Å². The number of hydrogen-bond acceptors (Lipinski definition) is 2. The summed E-state index contributed by atoms with van der Waals surface area (Å²) in [4.78, 5) is 13.3. The van der Waals surface area contributed by atoms with E-state index in [0.717, 1.165) is 5.69 Å². The van der Waals surface area contributed by atoms with Crippen LogP contribution in [0.4, 0.5) is 0 Å². The number of carbonyl (C=O) groups is 1. The number of hydrogen-bond donors (Lipinski definition) is 0. The molecule has 2 heterocycles. The Morgan fingerprint density at radius 3 is 1.74 bits per heavy atom. The van der Waals surface area contributed by atoms with Crippen LogP contribution in [0, 0.1) is 0 Å². The molecular formula is C24H41NO2P4. The highest BCUT2D eigenvalue weighted by molar-refractivity contribution is 7.91. The van der Waals surface area contributed by atoms with Crippen molar-refractivity contribution in [2.45, 2.75) is 112 Å². The largest absolute Gasteiger partial charge is 0.461 e. The zero-order valence-corrected chi connectivity index (χ0v) is 25.3. The summed E-state index contributed by atoms with van der Waals surface area (Å²) < 4.78 is 8.05.